The van der Waals surface area contributed by atoms with E-state index in [0.29, 0.717) is 51.8 Å². The van der Waals surface area contributed by atoms with Crippen molar-refractivity contribution in [2.75, 3.05) is 19.7 Å². The van der Waals surface area contributed by atoms with E-state index in [-0.39, 0.29) is 11.9 Å². The molecule has 3 unspecified atom stereocenters. The number of aliphatic hydroxyl groups is 2. The lowest BCUT2D eigenvalue weighted by molar-refractivity contribution is -0.151. The molecule has 0 aromatic rings. The normalized spacial score (nSPS) is 18.5. The van der Waals surface area contributed by atoms with Crippen molar-refractivity contribution in [3.8, 4) is 0 Å². The van der Waals surface area contributed by atoms with Crippen LogP contribution in [0.1, 0.15) is 73.1 Å². The van der Waals surface area contributed by atoms with E-state index in [4.69, 9.17) is 9.94 Å². The van der Waals surface area contributed by atoms with Gasteiger partial charge in [0.2, 0.25) is 5.91 Å². The fraction of sp³-hybridized carbons (Fsp3) is 0.643. The van der Waals surface area contributed by atoms with Crippen LogP contribution in [-0.2, 0) is 14.3 Å². The molecule has 1 saturated heterocycles. The van der Waals surface area contributed by atoms with E-state index in [9.17, 15) is 19.8 Å². The van der Waals surface area contributed by atoms with E-state index in [1.165, 1.54) is 5.48 Å². The number of piperidine rings is 1. The largest absolute Gasteiger partial charge is 0.498 e. The highest BCUT2D eigenvalue weighted by molar-refractivity contribution is 5.88. The fourth-order valence-corrected chi connectivity index (χ4v) is 4.22. The van der Waals surface area contributed by atoms with Gasteiger partial charge < -0.3 is 25.2 Å². The van der Waals surface area contributed by atoms with Gasteiger partial charge in [0.25, 0.3) is 5.91 Å². The van der Waals surface area contributed by atoms with Crippen LogP contribution in [0.2, 0.25) is 0 Å². The van der Waals surface area contributed by atoms with Crippen molar-refractivity contribution in [2.45, 2.75) is 91.4 Å². The van der Waals surface area contributed by atoms with Crippen LogP contribution in [0.25, 0.3) is 0 Å². The molecule has 1 aliphatic heterocycles. The molecule has 1 fully saturated rings. The van der Waals surface area contributed by atoms with Crippen molar-refractivity contribution < 1.29 is 29.7 Å². The first-order chi connectivity index (χ1) is 17.7. The molecule has 0 aromatic carbocycles. The molecule has 9 nitrogen and oxygen atoms in total. The number of nitrogens with one attached hydrogen (secondary N) is 2. The van der Waals surface area contributed by atoms with Gasteiger partial charge in [-0.25, -0.2) is 5.48 Å². The number of amides is 2. The molecule has 2 amide bonds. The summed E-state index contributed by atoms with van der Waals surface area (Å²) in [5.74, 6) is -1.28. The molecule has 5 N–H and O–H groups in total. The van der Waals surface area contributed by atoms with E-state index < -0.39 is 24.0 Å². The summed E-state index contributed by atoms with van der Waals surface area (Å²) in [7, 11) is 0. The van der Waals surface area contributed by atoms with E-state index >= 15 is 0 Å². The topological polar surface area (TPSA) is 131 Å². The average Bonchev–Trinajstić information content (AvgIpc) is 2.90. The Labute approximate surface area is 221 Å². The smallest absolute Gasteiger partial charge is 0.272 e. The maximum absolute atomic E-state index is 13.3. The number of hydroxylamine groups is 1. The molecule has 1 heterocycles. The average molecular weight is 522 g/mol. The monoisotopic (exact) mass is 521 g/mol. The number of nitrogens with zero attached hydrogens (tertiary/aromatic N) is 1. The van der Waals surface area contributed by atoms with Crippen molar-refractivity contribution in [3.05, 3.63) is 47.4 Å². The van der Waals surface area contributed by atoms with E-state index in [1.54, 1.807) is 17.9 Å². The maximum atomic E-state index is 13.3. The maximum Gasteiger partial charge on any atom is 0.272 e. The SMILES string of the molecule is C/C=C(\C=C/C(C)O)NC1CCN(C(=O)C(CCC/C(C)=C/C=C(\CC)OCC)C(O)C(=O)NO)CC1. The minimum Gasteiger partial charge on any atom is -0.498 e. The summed E-state index contributed by atoms with van der Waals surface area (Å²) < 4.78 is 5.55. The van der Waals surface area contributed by atoms with Gasteiger partial charge in [-0.05, 0) is 72.0 Å². The minimum absolute atomic E-state index is 0.170. The first-order valence-electron chi connectivity index (χ1n) is 13.4. The van der Waals surface area contributed by atoms with Crippen molar-refractivity contribution in [3.63, 3.8) is 0 Å². The Hall–Kier alpha value is -2.62. The Morgan fingerprint density at radius 1 is 1.16 bits per heavy atom. The summed E-state index contributed by atoms with van der Waals surface area (Å²) in [5.41, 5.74) is 3.49. The molecule has 0 radical (unpaired) electrons. The predicted molar refractivity (Wildman–Crippen MR) is 144 cm³/mol. The third-order valence-corrected chi connectivity index (χ3v) is 6.44. The van der Waals surface area contributed by atoms with Crippen LogP contribution in [0, 0.1) is 5.92 Å². The van der Waals surface area contributed by atoms with Gasteiger partial charge >= 0.3 is 0 Å². The van der Waals surface area contributed by atoms with Gasteiger partial charge in [-0.2, -0.15) is 0 Å². The quantitative estimate of drug-likeness (QED) is 0.0967. The second-order valence-electron chi connectivity index (χ2n) is 9.44. The van der Waals surface area contributed by atoms with Gasteiger partial charge in [-0.15, -0.1) is 0 Å². The number of carbonyl (C=O) groups is 2. The molecule has 0 aliphatic carbocycles. The van der Waals surface area contributed by atoms with Crippen LogP contribution >= 0.6 is 0 Å². The zero-order chi connectivity index (χ0) is 27.8. The molecule has 0 aromatic heterocycles. The van der Waals surface area contributed by atoms with Crippen LogP contribution in [0.15, 0.2) is 47.4 Å². The van der Waals surface area contributed by atoms with Gasteiger partial charge in [0.15, 0.2) is 0 Å². The van der Waals surface area contributed by atoms with Crippen molar-refractivity contribution in [2.24, 2.45) is 5.92 Å². The second-order valence-corrected chi connectivity index (χ2v) is 9.44. The van der Waals surface area contributed by atoms with Crippen LogP contribution in [0.3, 0.4) is 0 Å². The molecule has 37 heavy (non-hydrogen) atoms. The first kappa shape index (κ1) is 32.4. The molecule has 210 valence electrons. The van der Waals surface area contributed by atoms with Crippen molar-refractivity contribution >= 4 is 11.8 Å². The summed E-state index contributed by atoms with van der Waals surface area (Å²) in [5, 5.41) is 32.4. The van der Waals surface area contributed by atoms with Gasteiger partial charge in [0.05, 0.1) is 24.4 Å². The van der Waals surface area contributed by atoms with Crippen LogP contribution in [0.5, 0.6) is 0 Å². The Bertz CT molecular complexity index is 826. The number of likely N-dealkylation sites (tertiary alicyclic amines) is 1. The summed E-state index contributed by atoms with van der Waals surface area (Å²) in [6, 6.07) is 0.170. The molecule has 0 spiro atoms. The summed E-state index contributed by atoms with van der Waals surface area (Å²) in [4.78, 5) is 27.0. The predicted octanol–water partition coefficient (Wildman–Crippen LogP) is 3.34. The molecule has 9 heteroatoms. The molecule has 0 saturated carbocycles. The van der Waals surface area contributed by atoms with Gasteiger partial charge in [0, 0.05) is 31.2 Å². The van der Waals surface area contributed by atoms with Gasteiger partial charge in [0.1, 0.15) is 6.10 Å². The highest BCUT2D eigenvalue weighted by atomic mass is 16.5. The third kappa shape index (κ3) is 12.0. The lowest BCUT2D eigenvalue weighted by Crippen LogP contribution is -2.50. The van der Waals surface area contributed by atoms with Crippen LogP contribution in [0.4, 0.5) is 0 Å². The summed E-state index contributed by atoms with van der Waals surface area (Å²) >= 11 is 0. The molecular weight excluding hydrogens is 474 g/mol. The highest BCUT2D eigenvalue weighted by Gasteiger charge is 2.35. The Balaban J connectivity index is 2.76. The molecule has 3 atom stereocenters. The molecular formula is C28H47N3O6. The number of allylic oxidation sites excluding steroid dienone is 6. The number of ether oxygens (including phenoxy) is 1. The van der Waals surface area contributed by atoms with Crippen molar-refractivity contribution in [1.29, 1.82) is 0 Å². The molecule has 1 rings (SSSR count). The zero-order valence-corrected chi connectivity index (χ0v) is 23.1. The van der Waals surface area contributed by atoms with E-state index in [1.807, 2.05) is 52.0 Å². The lowest BCUT2D eigenvalue weighted by atomic mass is 9.91. The highest BCUT2D eigenvalue weighted by Crippen LogP contribution is 2.22. The van der Waals surface area contributed by atoms with Crippen molar-refractivity contribution in [1.82, 2.24) is 15.7 Å². The Kier molecular flexibility index (Phi) is 15.6. The number of hydrogen-bond acceptors (Lipinski definition) is 7. The fourth-order valence-electron chi connectivity index (χ4n) is 4.22. The van der Waals surface area contributed by atoms with E-state index in [2.05, 4.69) is 5.32 Å². The minimum atomic E-state index is -1.62. The van der Waals surface area contributed by atoms with Crippen LogP contribution < -0.4 is 10.8 Å². The first-order valence-corrected chi connectivity index (χ1v) is 13.4. The third-order valence-electron chi connectivity index (χ3n) is 6.44. The second kappa shape index (κ2) is 17.8. The number of carbonyl (C=O) groups excluding carboxylic acids is 2. The Morgan fingerprint density at radius 3 is 2.38 bits per heavy atom. The van der Waals surface area contributed by atoms with E-state index in [0.717, 1.165) is 23.5 Å². The zero-order valence-electron chi connectivity index (χ0n) is 23.1. The molecule has 0 bridgehead atoms. The molecule has 1 aliphatic rings. The van der Waals surface area contributed by atoms with Gasteiger partial charge in [-0.1, -0.05) is 30.7 Å². The summed E-state index contributed by atoms with van der Waals surface area (Å²) in [6.45, 7) is 11.2. The number of hydrogen-bond donors (Lipinski definition) is 5. The lowest BCUT2D eigenvalue weighted by Gasteiger charge is -2.36. The number of aliphatic hydroxyl groups excluding tert-OH is 2. The Morgan fingerprint density at radius 2 is 1.84 bits per heavy atom. The summed E-state index contributed by atoms with van der Waals surface area (Å²) in [6.07, 6.45) is 11.1. The standard InChI is InChI=1S/C28H47N3O6/c1-6-22(14-13-21(5)32)29-23-16-18-31(19-17-23)28(35)25(26(33)27(34)30-36)11-9-10-20(4)12-15-24(7-2)37-8-3/h6,12-15,21,23,25-26,29,32-33,36H,7-11,16-19H2,1-5H3,(H,30,34)/b14-13-,20-12+,22-6+,24-15+. The number of rotatable bonds is 15. The van der Waals surface area contributed by atoms with Crippen LogP contribution in [-0.4, -0.2) is 70.1 Å². The van der Waals surface area contributed by atoms with Gasteiger partial charge in [-0.3, -0.25) is 14.8 Å².